The average molecular weight is 1390 g/mol. The van der Waals surface area contributed by atoms with Crippen LogP contribution in [-0.4, -0.2) is 245 Å². The normalized spacial score (nSPS) is 16.4. The molecule has 1 saturated heterocycles. The van der Waals surface area contributed by atoms with Crippen LogP contribution in [0.15, 0.2) is 91.0 Å². The molecule has 1 aliphatic rings. The zero-order valence-electron chi connectivity index (χ0n) is 62.2. The molecule has 3 aromatic rings. The summed E-state index contributed by atoms with van der Waals surface area (Å²) in [4.78, 5) is 169. The Balaban J connectivity index is 1.75. The molecule has 1 heterocycles. The van der Waals surface area contributed by atoms with E-state index in [1.807, 2.05) is 95.0 Å². The van der Waals surface area contributed by atoms with Gasteiger partial charge in [0.05, 0.1) is 18.6 Å². The van der Waals surface area contributed by atoms with Gasteiger partial charge in [0.15, 0.2) is 0 Å². The van der Waals surface area contributed by atoms with Crippen LogP contribution in [0.25, 0.3) is 0 Å². The Morgan fingerprint density at radius 3 is 1.46 bits per heavy atom. The lowest BCUT2D eigenvalue weighted by Gasteiger charge is -2.40. The Morgan fingerprint density at radius 1 is 0.490 bits per heavy atom. The molecule has 554 valence electrons. The summed E-state index contributed by atoms with van der Waals surface area (Å²) in [6.07, 6.45) is 1.58. The van der Waals surface area contributed by atoms with Crippen LogP contribution in [0.4, 0.5) is 0 Å². The van der Waals surface area contributed by atoms with Gasteiger partial charge in [0.25, 0.3) is 0 Å². The molecule has 13 atom stereocenters. The van der Waals surface area contributed by atoms with Gasteiger partial charge in [-0.05, 0) is 93.2 Å². The molecule has 0 spiro atoms. The molecule has 1 unspecified atom stereocenters. The van der Waals surface area contributed by atoms with Crippen molar-refractivity contribution >= 4 is 65.5 Å². The zero-order valence-corrected chi connectivity index (χ0v) is 62.2. The fraction of sp³-hybridized carbons (Fsp3) is 0.613. The van der Waals surface area contributed by atoms with Gasteiger partial charge >= 0.3 is 0 Å². The van der Waals surface area contributed by atoms with Crippen LogP contribution in [0.5, 0.6) is 0 Å². The molecule has 4 rings (SSSR count). The van der Waals surface area contributed by atoms with Gasteiger partial charge in [-0.25, -0.2) is 0 Å². The first-order chi connectivity index (χ1) is 47.1. The van der Waals surface area contributed by atoms with E-state index in [1.165, 1.54) is 68.7 Å². The van der Waals surface area contributed by atoms with E-state index in [4.69, 9.17) is 0 Å². The Labute approximate surface area is 593 Å². The fourth-order valence-corrected chi connectivity index (χ4v) is 12.1. The number of benzene rings is 3. The maximum absolute atomic E-state index is 15.4. The summed E-state index contributed by atoms with van der Waals surface area (Å²) < 4.78 is 0. The maximum Gasteiger partial charge on any atom is 0.247 e. The van der Waals surface area contributed by atoms with Gasteiger partial charge in [-0.1, -0.05) is 159 Å². The number of hydrogen-bond acceptors (Lipinski definition) is 14. The van der Waals surface area contributed by atoms with Crippen LogP contribution >= 0.6 is 0 Å². The minimum Gasteiger partial charge on any atom is -0.391 e. The second-order valence-electron chi connectivity index (χ2n) is 28.4. The smallest absolute Gasteiger partial charge is 0.247 e. The molecule has 25 nitrogen and oxygen atoms in total. The van der Waals surface area contributed by atoms with Crippen LogP contribution < -0.4 is 26.6 Å². The van der Waals surface area contributed by atoms with Crippen LogP contribution in [0.2, 0.25) is 0 Å². The summed E-state index contributed by atoms with van der Waals surface area (Å²) >= 11 is 0. The van der Waals surface area contributed by atoms with Crippen molar-refractivity contribution in [3.63, 3.8) is 0 Å². The summed E-state index contributed by atoms with van der Waals surface area (Å²) in [6, 6.07) is 14.5. The lowest BCUT2D eigenvalue weighted by atomic mass is 9.95. The molecule has 0 bridgehead atoms. The first-order valence-electron chi connectivity index (χ1n) is 35.4. The van der Waals surface area contributed by atoms with Crippen molar-refractivity contribution in [2.45, 2.75) is 213 Å². The third-order valence-electron chi connectivity index (χ3n) is 19.3. The molecule has 3 aromatic carbocycles. The van der Waals surface area contributed by atoms with E-state index in [0.29, 0.717) is 37.9 Å². The minimum atomic E-state index is -1.85. The highest BCUT2D eigenvalue weighted by Gasteiger charge is 2.42. The highest BCUT2D eigenvalue weighted by Crippen LogP contribution is 2.23. The van der Waals surface area contributed by atoms with Crippen LogP contribution in [0.3, 0.4) is 0 Å². The second-order valence-corrected chi connectivity index (χ2v) is 28.4. The first-order valence-corrected chi connectivity index (χ1v) is 35.4. The van der Waals surface area contributed by atoms with Crippen molar-refractivity contribution in [1.82, 2.24) is 60.9 Å². The van der Waals surface area contributed by atoms with E-state index in [2.05, 4.69) is 26.6 Å². The molecule has 100 heavy (non-hydrogen) atoms. The third-order valence-corrected chi connectivity index (χ3v) is 19.3. The predicted molar refractivity (Wildman–Crippen MR) is 384 cm³/mol. The average Bonchev–Trinajstić information content (AvgIpc) is 0.861. The predicted octanol–water partition coefficient (Wildman–Crippen LogP) is 3.77. The highest BCUT2D eigenvalue weighted by molar-refractivity contribution is 6.00. The molecule has 0 aromatic heterocycles. The summed E-state index contributed by atoms with van der Waals surface area (Å²) in [6.45, 7) is 20.6. The van der Waals surface area contributed by atoms with Crippen molar-refractivity contribution in [2.75, 3.05) is 61.9 Å². The van der Waals surface area contributed by atoms with Crippen molar-refractivity contribution in [3.8, 4) is 0 Å². The number of nitrogens with zero attached hydrogens (tertiary/aromatic N) is 7. The summed E-state index contributed by atoms with van der Waals surface area (Å²) in [5, 5.41) is 36.5. The van der Waals surface area contributed by atoms with E-state index >= 15 is 19.2 Å². The SMILES string of the molecule is CC[C@H](C)[C@H](NC(=O)[C@H](C)N(C)C(=O)[C@H](CC(C)C)N(C)C(=O)[C@@H](NC(=O)[C@H](CC(=O)N(C)[C@@H](C)C(=O)N[C@H](C(=O)N(C)CCc1ccccc1)[C@@H](C)O)NC(=O)[C@H](Cc1ccccc1)N(C)C(=O)[C@H](CC(C)C)NC(=O)[C@H](Cc1ccccc1)N(C)C=O)C(C)C)C(O)N1CCCCC1. The molecule has 0 radical (unpaired) electrons. The zero-order chi connectivity index (χ0) is 74.8. The monoisotopic (exact) mass is 1390 g/mol. The molecule has 7 N–H and O–H groups in total. The fourth-order valence-electron chi connectivity index (χ4n) is 12.1. The number of carbonyl (C=O) groups excluding carboxylic acids is 11. The van der Waals surface area contributed by atoms with Crippen molar-refractivity contribution in [3.05, 3.63) is 108 Å². The van der Waals surface area contributed by atoms with Crippen molar-refractivity contribution < 1.29 is 63.0 Å². The van der Waals surface area contributed by atoms with E-state index in [0.717, 1.165) is 40.2 Å². The number of aliphatic hydroxyl groups is 2. The van der Waals surface area contributed by atoms with Gasteiger partial charge in [0, 0.05) is 74.8 Å². The van der Waals surface area contributed by atoms with Gasteiger partial charge < -0.3 is 66.2 Å². The third kappa shape index (κ3) is 24.8. The van der Waals surface area contributed by atoms with E-state index in [1.54, 1.807) is 70.3 Å². The Kier molecular flexibility index (Phi) is 34.4. The number of likely N-dealkylation sites (N-methyl/N-ethyl adjacent to an activating group) is 6. The molecule has 0 saturated carbocycles. The maximum atomic E-state index is 15.4. The van der Waals surface area contributed by atoms with Crippen LogP contribution in [0, 0.1) is 23.7 Å². The standard InChI is InChI=1S/C75H116N12O13/c1-18-50(8)64(75(100)87-38-29-22-30-39-87)79-67(92)52(10)84(15)72(97)61(42-48(4)5)86(17)74(99)63(49(6)7)78-68(93)57(45-62(90)83(14)51(9)66(91)80-65(53(11)89)73(98)81(12)40-37-54-31-23-19-24-32-54)76-70(95)60(44-56-35-27-21-28-36-56)85(16)71(96)58(41-47(2)3)77-69(94)59(82(13)46-88)43-55-33-25-20-26-34-55/h19-21,23-28,31-36,46-53,57-61,63-65,75,89,100H,18,22,29-30,37-45H2,1-17H3,(H,76,95)(H,77,94)(H,78,93)(H,79,92)(H,80,91)/t50-,51-,52-,53+,57-,58-,59-,60-,61-,63-,64-,65-,75?/m0/s1. The number of hydrogen-bond donors (Lipinski definition) is 7. The van der Waals surface area contributed by atoms with Crippen LogP contribution in [-0.2, 0) is 72.0 Å². The van der Waals surface area contributed by atoms with Gasteiger partial charge in [-0.2, -0.15) is 0 Å². The number of amides is 11. The highest BCUT2D eigenvalue weighted by atomic mass is 16.3. The van der Waals surface area contributed by atoms with Crippen molar-refractivity contribution in [2.24, 2.45) is 23.7 Å². The quantitative estimate of drug-likeness (QED) is 0.0400. The minimum absolute atomic E-state index is 0.0995. The van der Waals surface area contributed by atoms with Gasteiger partial charge in [-0.15, -0.1) is 0 Å². The lowest BCUT2D eigenvalue weighted by molar-refractivity contribution is -0.150. The van der Waals surface area contributed by atoms with Crippen molar-refractivity contribution in [1.29, 1.82) is 0 Å². The van der Waals surface area contributed by atoms with Gasteiger partial charge in [0.1, 0.15) is 60.6 Å². The van der Waals surface area contributed by atoms with E-state index in [9.17, 15) is 43.8 Å². The molecule has 1 fully saturated rings. The Morgan fingerprint density at radius 2 is 0.960 bits per heavy atom. The summed E-state index contributed by atoms with van der Waals surface area (Å²) in [5.74, 6) is -8.59. The van der Waals surface area contributed by atoms with E-state index in [-0.39, 0.29) is 50.0 Å². The molecule has 1 aliphatic heterocycles. The summed E-state index contributed by atoms with van der Waals surface area (Å²) in [5.41, 5.74) is 2.30. The first kappa shape index (κ1) is 84.1. The Hall–Kier alpha value is -8.29. The number of aliphatic hydroxyl groups excluding tert-OH is 2. The lowest BCUT2D eigenvalue weighted by Crippen LogP contribution is -2.62. The van der Waals surface area contributed by atoms with E-state index < -0.39 is 144 Å². The second kappa shape index (κ2) is 40.8. The Bertz CT molecular complexity index is 3140. The van der Waals surface area contributed by atoms with Crippen LogP contribution in [0.1, 0.15) is 138 Å². The largest absolute Gasteiger partial charge is 0.391 e. The number of carbonyl (C=O) groups is 11. The molecular weight excluding hydrogens is 1280 g/mol. The molecule has 25 heteroatoms. The van der Waals surface area contributed by atoms with Gasteiger partial charge in [-0.3, -0.25) is 57.6 Å². The topological polar surface area (TPSA) is 311 Å². The molecule has 0 aliphatic carbocycles. The number of piperidine rings is 1. The molecule has 11 amide bonds. The number of rotatable bonds is 39. The number of nitrogens with one attached hydrogen (secondary N) is 5. The summed E-state index contributed by atoms with van der Waals surface area (Å²) in [7, 11) is 8.55. The van der Waals surface area contributed by atoms with Gasteiger partial charge in [0.2, 0.25) is 65.5 Å². The number of likely N-dealkylation sites (tertiary alicyclic amines) is 1. The molecular formula is C75H116N12O13.